The molecule has 0 radical (unpaired) electrons. The van der Waals surface area contributed by atoms with E-state index in [1.165, 1.54) is 5.56 Å². The van der Waals surface area contributed by atoms with Crippen molar-refractivity contribution < 1.29 is 14.2 Å². The third-order valence-electron chi connectivity index (χ3n) is 3.04. The molecule has 1 fully saturated rings. The zero-order chi connectivity index (χ0) is 12.8. The summed E-state index contributed by atoms with van der Waals surface area (Å²) in [5, 5.41) is 0. The summed E-state index contributed by atoms with van der Waals surface area (Å²) in [4.78, 5) is 0. The van der Waals surface area contributed by atoms with Gasteiger partial charge in [-0.05, 0) is 32.3 Å². The summed E-state index contributed by atoms with van der Waals surface area (Å²) in [6, 6.07) is 10.2. The second kappa shape index (κ2) is 6.32. The molecule has 0 saturated carbocycles. The summed E-state index contributed by atoms with van der Waals surface area (Å²) >= 11 is 0. The summed E-state index contributed by atoms with van der Waals surface area (Å²) in [5.41, 5.74) is 1.21. The van der Waals surface area contributed by atoms with E-state index in [-0.39, 0.29) is 6.10 Å². The van der Waals surface area contributed by atoms with E-state index in [0.717, 1.165) is 26.1 Å². The van der Waals surface area contributed by atoms with E-state index in [1.54, 1.807) is 0 Å². The molecule has 1 heterocycles. The van der Waals surface area contributed by atoms with Gasteiger partial charge in [-0.3, -0.25) is 0 Å². The fourth-order valence-corrected chi connectivity index (χ4v) is 2.11. The highest BCUT2D eigenvalue weighted by atomic mass is 16.7. The number of hydrogen-bond donors (Lipinski definition) is 0. The first-order valence-corrected chi connectivity index (χ1v) is 6.59. The van der Waals surface area contributed by atoms with Crippen molar-refractivity contribution in [3.63, 3.8) is 0 Å². The summed E-state index contributed by atoms with van der Waals surface area (Å²) in [6.45, 7) is 6.10. The topological polar surface area (TPSA) is 27.7 Å². The van der Waals surface area contributed by atoms with Crippen molar-refractivity contribution in [2.24, 2.45) is 0 Å². The predicted octanol–water partition coefficient (Wildman–Crippen LogP) is 3.13. The summed E-state index contributed by atoms with van der Waals surface area (Å²) < 4.78 is 17.0. The van der Waals surface area contributed by atoms with Gasteiger partial charge in [-0.25, -0.2) is 0 Å². The highest BCUT2D eigenvalue weighted by molar-refractivity contribution is 5.13. The molecule has 0 N–H and O–H groups in total. The van der Waals surface area contributed by atoms with E-state index < -0.39 is 5.79 Å². The summed E-state index contributed by atoms with van der Waals surface area (Å²) in [6.07, 6.45) is 2.14. The van der Waals surface area contributed by atoms with Crippen LogP contribution in [-0.2, 0) is 20.8 Å². The molecule has 1 aliphatic rings. The van der Waals surface area contributed by atoms with E-state index in [9.17, 15) is 0 Å². The van der Waals surface area contributed by atoms with Gasteiger partial charge in [0.15, 0.2) is 5.79 Å². The smallest absolute Gasteiger partial charge is 0.163 e. The summed E-state index contributed by atoms with van der Waals surface area (Å²) in [7, 11) is 0. The first-order chi connectivity index (χ1) is 8.66. The molecular weight excluding hydrogens is 228 g/mol. The molecule has 0 spiro atoms. The van der Waals surface area contributed by atoms with Crippen LogP contribution in [0.4, 0.5) is 0 Å². The van der Waals surface area contributed by atoms with Gasteiger partial charge in [0.2, 0.25) is 0 Å². The lowest BCUT2D eigenvalue weighted by atomic mass is 10.1. The van der Waals surface area contributed by atoms with Crippen LogP contribution in [0.25, 0.3) is 0 Å². The lowest BCUT2D eigenvalue weighted by Gasteiger charge is -2.36. The molecule has 3 nitrogen and oxygen atoms in total. The average Bonchev–Trinajstić information content (AvgIpc) is 2.35. The van der Waals surface area contributed by atoms with Crippen LogP contribution in [0.2, 0.25) is 0 Å². The molecule has 1 aromatic carbocycles. The van der Waals surface area contributed by atoms with E-state index in [1.807, 2.05) is 32.0 Å². The molecule has 0 bridgehead atoms. The molecule has 3 heteroatoms. The van der Waals surface area contributed by atoms with Gasteiger partial charge in [0, 0.05) is 6.61 Å². The minimum absolute atomic E-state index is 0.254. The van der Waals surface area contributed by atoms with E-state index >= 15 is 0 Å². The van der Waals surface area contributed by atoms with Gasteiger partial charge < -0.3 is 14.2 Å². The number of hydrogen-bond acceptors (Lipinski definition) is 3. The molecule has 1 aromatic rings. The lowest BCUT2D eigenvalue weighted by molar-refractivity contribution is -0.275. The highest BCUT2D eigenvalue weighted by Crippen LogP contribution is 2.23. The molecule has 2 rings (SSSR count). The Morgan fingerprint density at radius 2 is 2.06 bits per heavy atom. The van der Waals surface area contributed by atoms with Crippen LogP contribution in [0.15, 0.2) is 30.3 Å². The van der Waals surface area contributed by atoms with Crippen LogP contribution in [-0.4, -0.2) is 25.1 Å². The largest absolute Gasteiger partial charge is 0.377 e. The van der Waals surface area contributed by atoms with Crippen molar-refractivity contribution in [2.45, 2.75) is 45.2 Å². The fraction of sp³-hybridized carbons (Fsp3) is 0.600. The van der Waals surface area contributed by atoms with Gasteiger partial charge >= 0.3 is 0 Å². The van der Waals surface area contributed by atoms with Crippen molar-refractivity contribution in [3.05, 3.63) is 35.9 Å². The number of ether oxygens (including phenoxy) is 3. The Bertz CT molecular complexity index is 348. The minimum atomic E-state index is -0.442. The third kappa shape index (κ3) is 4.41. The van der Waals surface area contributed by atoms with Crippen molar-refractivity contribution in [3.8, 4) is 0 Å². The molecule has 100 valence electrons. The second-order valence-corrected chi connectivity index (χ2v) is 5.10. The zero-order valence-electron chi connectivity index (χ0n) is 11.2. The Morgan fingerprint density at radius 3 is 2.78 bits per heavy atom. The third-order valence-corrected chi connectivity index (χ3v) is 3.04. The molecule has 0 aromatic heterocycles. The monoisotopic (exact) mass is 250 g/mol. The van der Waals surface area contributed by atoms with Gasteiger partial charge in [0.25, 0.3) is 0 Å². The molecule has 0 unspecified atom stereocenters. The molecule has 1 saturated heterocycles. The molecule has 0 aliphatic carbocycles. The van der Waals surface area contributed by atoms with Crippen LogP contribution in [0.5, 0.6) is 0 Å². The Hall–Kier alpha value is -0.900. The molecule has 18 heavy (non-hydrogen) atoms. The summed E-state index contributed by atoms with van der Waals surface area (Å²) in [5.74, 6) is -0.442. The van der Waals surface area contributed by atoms with Crippen LogP contribution in [0, 0.1) is 0 Å². The van der Waals surface area contributed by atoms with Crippen molar-refractivity contribution >= 4 is 0 Å². The van der Waals surface area contributed by atoms with E-state index in [0.29, 0.717) is 6.61 Å². The second-order valence-electron chi connectivity index (χ2n) is 5.10. The molecule has 1 aliphatic heterocycles. The fourth-order valence-electron chi connectivity index (χ4n) is 2.11. The SMILES string of the molecule is CC1(C)OCC[C@H](CCOCc2ccccc2)O1. The van der Waals surface area contributed by atoms with E-state index in [4.69, 9.17) is 14.2 Å². The van der Waals surface area contributed by atoms with Crippen LogP contribution in [0.3, 0.4) is 0 Å². The maximum absolute atomic E-state index is 5.82. The Labute approximate surface area is 109 Å². The van der Waals surface area contributed by atoms with E-state index in [2.05, 4.69) is 12.1 Å². The first kappa shape index (κ1) is 13.5. The molecule has 0 amide bonds. The zero-order valence-corrected chi connectivity index (χ0v) is 11.2. The van der Waals surface area contributed by atoms with Gasteiger partial charge in [0.05, 0.1) is 19.3 Å². The quantitative estimate of drug-likeness (QED) is 0.751. The molecular formula is C15H22O3. The van der Waals surface area contributed by atoms with Crippen LogP contribution >= 0.6 is 0 Å². The standard InChI is InChI=1S/C15H22O3/c1-15(2)17-11-9-14(18-15)8-10-16-12-13-6-4-3-5-7-13/h3-7,14H,8-12H2,1-2H3/t14-/m0/s1. The maximum Gasteiger partial charge on any atom is 0.163 e. The van der Waals surface area contributed by atoms with Crippen molar-refractivity contribution in [2.75, 3.05) is 13.2 Å². The first-order valence-electron chi connectivity index (χ1n) is 6.59. The average molecular weight is 250 g/mol. The minimum Gasteiger partial charge on any atom is -0.377 e. The van der Waals surface area contributed by atoms with Crippen molar-refractivity contribution in [1.82, 2.24) is 0 Å². The normalized spacial score (nSPS) is 22.9. The van der Waals surface area contributed by atoms with Gasteiger partial charge in [-0.2, -0.15) is 0 Å². The van der Waals surface area contributed by atoms with Gasteiger partial charge in [0.1, 0.15) is 0 Å². The Morgan fingerprint density at radius 1 is 1.28 bits per heavy atom. The number of rotatable bonds is 5. The van der Waals surface area contributed by atoms with Crippen molar-refractivity contribution in [1.29, 1.82) is 0 Å². The van der Waals surface area contributed by atoms with Gasteiger partial charge in [-0.1, -0.05) is 30.3 Å². The number of benzene rings is 1. The van der Waals surface area contributed by atoms with Gasteiger partial charge in [-0.15, -0.1) is 0 Å². The Balaban J connectivity index is 1.64. The lowest BCUT2D eigenvalue weighted by Crippen LogP contribution is -2.40. The predicted molar refractivity (Wildman–Crippen MR) is 70.2 cm³/mol. The van der Waals surface area contributed by atoms with Crippen LogP contribution < -0.4 is 0 Å². The maximum atomic E-state index is 5.82. The Kier molecular flexibility index (Phi) is 4.75. The van der Waals surface area contributed by atoms with Crippen LogP contribution in [0.1, 0.15) is 32.3 Å². The highest BCUT2D eigenvalue weighted by Gasteiger charge is 2.28. The molecule has 1 atom stereocenters.